The quantitative estimate of drug-likeness (QED) is 0.593. The Kier molecular flexibility index (Phi) is 4.62. The second kappa shape index (κ2) is 6.43. The molecule has 1 aliphatic heterocycles. The highest BCUT2D eigenvalue weighted by Crippen LogP contribution is 2.39. The number of nitro benzene ring substituents is 1. The van der Waals surface area contributed by atoms with Crippen molar-refractivity contribution in [3.8, 4) is 11.5 Å². The molecule has 1 aromatic carbocycles. The van der Waals surface area contributed by atoms with E-state index < -0.39 is 4.92 Å². The molecule has 0 bridgehead atoms. The summed E-state index contributed by atoms with van der Waals surface area (Å²) in [6.07, 6.45) is 0.761. The SMILES string of the molecule is CCCOc1c(OC)cc(C2=NCCN2C)cc1[N+](=O)[O-]. The van der Waals surface area contributed by atoms with Gasteiger partial charge in [0.25, 0.3) is 0 Å². The molecule has 1 aromatic rings. The van der Waals surface area contributed by atoms with Crippen LogP contribution in [-0.2, 0) is 0 Å². The van der Waals surface area contributed by atoms with Crippen molar-refractivity contribution in [2.75, 3.05) is 33.9 Å². The Morgan fingerprint density at radius 3 is 2.76 bits per heavy atom. The van der Waals surface area contributed by atoms with Gasteiger partial charge in [-0.2, -0.15) is 0 Å². The lowest BCUT2D eigenvalue weighted by Crippen LogP contribution is -2.23. The molecule has 0 radical (unpaired) electrons. The first-order chi connectivity index (χ1) is 10.1. The fourth-order valence-electron chi connectivity index (χ4n) is 2.20. The monoisotopic (exact) mass is 293 g/mol. The van der Waals surface area contributed by atoms with Crippen LogP contribution in [0.4, 0.5) is 5.69 Å². The third kappa shape index (κ3) is 3.07. The molecule has 114 valence electrons. The summed E-state index contributed by atoms with van der Waals surface area (Å²) in [5.74, 6) is 1.27. The van der Waals surface area contributed by atoms with Crippen LogP contribution in [0.2, 0.25) is 0 Å². The van der Waals surface area contributed by atoms with E-state index in [9.17, 15) is 10.1 Å². The van der Waals surface area contributed by atoms with Crippen molar-refractivity contribution in [2.45, 2.75) is 13.3 Å². The second-order valence-corrected chi connectivity index (χ2v) is 4.76. The Morgan fingerprint density at radius 2 is 2.24 bits per heavy atom. The van der Waals surface area contributed by atoms with E-state index in [4.69, 9.17) is 9.47 Å². The van der Waals surface area contributed by atoms with Crippen LogP contribution in [-0.4, -0.2) is 49.5 Å². The first-order valence-corrected chi connectivity index (χ1v) is 6.83. The first-order valence-electron chi connectivity index (χ1n) is 6.83. The number of ether oxygens (including phenoxy) is 2. The number of likely N-dealkylation sites (N-methyl/N-ethyl adjacent to an activating group) is 1. The topological polar surface area (TPSA) is 77.2 Å². The fraction of sp³-hybridized carbons (Fsp3) is 0.500. The third-order valence-electron chi connectivity index (χ3n) is 3.22. The van der Waals surface area contributed by atoms with Crippen LogP contribution in [0.5, 0.6) is 11.5 Å². The molecule has 0 saturated heterocycles. The molecule has 0 aliphatic carbocycles. The number of benzene rings is 1. The molecular weight excluding hydrogens is 274 g/mol. The van der Waals surface area contributed by atoms with E-state index in [-0.39, 0.29) is 11.4 Å². The Morgan fingerprint density at radius 1 is 1.48 bits per heavy atom. The molecule has 0 unspecified atom stereocenters. The molecule has 1 aliphatic rings. The smallest absolute Gasteiger partial charge is 0.315 e. The average Bonchev–Trinajstić information content (AvgIpc) is 2.90. The molecular formula is C14H19N3O4. The van der Waals surface area contributed by atoms with E-state index in [2.05, 4.69) is 4.99 Å². The molecule has 7 heteroatoms. The molecule has 0 saturated carbocycles. The maximum atomic E-state index is 11.3. The Balaban J connectivity index is 2.50. The van der Waals surface area contributed by atoms with Crippen molar-refractivity contribution in [3.05, 3.63) is 27.8 Å². The Labute approximate surface area is 123 Å². The zero-order valence-electron chi connectivity index (χ0n) is 12.5. The van der Waals surface area contributed by atoms with E-state index in [1.807, 2.05) is 18.9 Å². The molecule has 0 N–H and O–H groups in total. The van der Waals surface area contributed by atoms with Gasteiger partial charge in [-0.25, -0.2) is 0 Å². The van der Waals surface area contributed by atoms with Crippen molar-refractivity contribution in [2.24, 2.45) is 4.99 Å². The summed E-state index contributed by atoms with van der Waals surface area (Å²) in [6, 6.07) is 3.23. The first kappa shape index (κ1) is 15.1. The molecule has 7 nitrogen and oxygen atoms in total. The molecule has 0 spiro atoms. The minimum absolute atomic E-state index is 0.0965. The lowest BCUT2D eigenvalue weighted by Gasteiger charge is -2.16. The fourth-order valence-corrected chi connectivity index (χ4v) is 2.20. The lowest BCUT2D eigenvalue weighted by molar-refractivity contribution is -0.386. The third-order valence-corrected chi connectivity index (χ3v) is 3.22. The number of amidine groups is 1. The lowest BCUT2D eigenvalue weighted by atomic mass is 10.1. The average molecular weight is 293 g/mol. The second-order valence-electron chi connectivity index (χ2n) is 4.76. The van der Waals surface area contributed by atoms with Crippen LogP contribution >= 0.6 is 0 Å². The largest absolute Gasteiger partial charge is 0.493 e. The summed E-state index contributed by atoms with van der Waals surface area (Å²) < 4.78 is 10.8. The highest BCUT2D eigenvalue weighted by atomic mass is 16.6. The van der Waals surface area contributed by atoms with Crippen molar-refractivity contribution in [1.82, 2.24) is 4.90 Å². The van der Waals surface area contributed by atoms with Gasteiger partial charge in [0, 0.05) is 25.2 Å². The molecule has 0 atom stereocenters. The minimum Gasteiger partial charge on any atom is -0.493 e. The van der Waals surface area contributed by atoms with Crippen LogP contribution in [0.3, 0.4) is 0 Å². The van der Waals surface area contributed by atoms with Gasteiger partial charge in [-0.3, -0.25) is 15.1 Å². The summed E-state index contributed by atoms with van der Waals surface area (Å²) in [6.45, 7) is 3.84. The van der Waals surface area contributed by atoms with E-state index in [1.165, 1.54) is 13.2 Å². The van der Waals surface area contributed by atoms with E-state index in [0.717, 1.165) is 18.8 Å². The Bertz CT molecular complexity index is 572. The minimum atomic E-state index is -0.452. The van der Waals surface area contributed by atoms with Crippen molar-refractivity contribution in [3.63, 3.8) is 0 Å². The molecule has 0 aromatic heterocycles. The summed E-state index contributed by atoms with van der Waals surface area (Å²) in [4.78, 5) is 17.2. The standard InChI is InChI=1S/C14H19N3O4/c1-4-7-21-13-11(17(18)19)8-10(9-12(13)20-3)14-15-5-6-16(14)2/h8-9H,4-7H2,1-3H3. The van der Waals surface area contributed by atoms with E-state index in [0.29, 0.717) is 24.5 Å². The van der Waals surface area contributed by atoms with E-state index in [1.54, 1.807) is 6.07 Å². The number of methoxy groups -OCH3 is 1. The molecule has 0 fully saturated rings. The number of hydrogen-bond donors (Lipinski definition) is 0. The maximum absolute atomic E-state index is 11.3. The number of rotatable bonds is 6. The molecule has 21 heavy (non-hydrogen) atoms. The van der Waals surface area contributed by atoms with Gasteiger partial charge in [-0.05, 0) is 12.5 Å². The molecule has 0 amide bonds. The van der Waals surface area contributed by atoms with Gasteiger partial charge in [0.2, 0.25) is 5.75 Å². The van der Waals surface area contributed by atoms with Crippen LogP contribution in [0.25, 0.3) is 0 Å². The maximum Gasteiger partial charge on any atom is 0.315 e. The summed E-state index contributed by atoms with van der Waals surface area (Å²) in [7, 11) is 3.38. The van der Waals surface area contributed by atoms with Gasteiger partial charge in [0.05, 0.1) is 25.2 Å². The number of aliphatic imine (C=N–C) groups is 1. The van der Waals surface area contributed by atoms with E-state index >= 15 is 0 Å². The predicted molar refractivity (Wildman–Crippen MR) is 79.5 cm³/mol. The highest BCUT2D eigenvalue weighted by molar-refractivity contribution is 6.01. The van der Waals surface area contributed by atoms with Gasteiger partial charge in [-0.1, -0.05) is 6.92 Å². The van der Waals surface area contributed by atoms with Crippen LogP contribution in [0.1, 0.15) is 18.9 Å². The zero-order chi connectivity index (χ0) is 15.4. The zero-order valence-corrected chi connectivity index (χ0v) is 12.5. The van der Waals surface area contributed by atoms with Gasteiger partial charge < -0.3 is 14.4 Å². The van der Waals surface area contributed by atoms with Gasteiger partial charge >= 0.3 is 5.69 Å². The normalized spacial score (nSPS) is 14.0. The van der Waals surface area contributed by atoms with Gasteiger partial charge in [0.15, 0.2) is 5.75 Å². The van der Waals surface area contributed by atoms with Crippen LogP contribution in [0, 0.1) is 10.1 Å². The number of nitrogens with zero attached hydrogens (tertiary/aromatic N) is 3. The summed E-state index contributed by atoms with van der Waals surface area (Å²) in [5, 5.41) is 11.3. The summed E-state index contributed by atoms with van der Waals surface area (Å²) >= 11 is 0. The van der Waals surface area contributed by atoms with Crippen LogP contribution in [0.15, 0.2) is 17.1 Å². The molecule has 2 rings (SSSR count). The Hall–Kier alpha value is -2.31. The van der Waals surface area contributed by atoms with Crippen molar-refractivity contribution < 1.29 is 14.4 Å². The highest BCUT2D eigenvalue weighted by Gasteiger charge is 2.25. The summed E-state index contributed by atoms with van der Waals surface area (Å²) in [5.41, 5.74) is 0.572. The predicted octanol–water partition coefficient (Wildman–Crippen LogP) is 2.08. The molecule has 1 heterocycles. The van der Waals surface area contributed by atoms with Gasteiger partial charge in [-0.15, -0.1) is 0 Å². The van der Waals surface area contributed by atoms with Gasteiger partial charge in [0.1, 0.15) is 5.84 Å². The number of hydrogen-bond acceptors (Lipinski definition) is 6. The van der Waals surface area contributed by atoms with Crippen LogP contribution < -0.4 is 9.47 Å². The van der Waals surface area contributed by atoms with Crippen molar-refractivity contribution >= 4 is 11.5 Å². The number of nitro groups is 1. The van der Waals surface area contributed by atoms with Crippen molar-refractivity contribution in [1.29, 1.82) is 0 Å².